The van der Waals surface area contributed by atoms with Crippen molar-refractivity contribution in [2.75, 3.05) is 13.1 Å². The van der Waals surface area contributed by atoms with E-state index >= 15 is 0 Å². The molecule has 1 aliphatic heterocycles. The molecule has 3 aliphatic carbocycles. The first-order valence-electron chi connectivity index (χ1n) is 8.49. The van der Waals surface area contributed by atoms with Gasteiger partial charge in [-0.25, -0.2) is 0 Å². The first kappa shape index (κ1) is 14.9. The van der Waals surface area contributed by atoms with E-state index < -0.39 is 11.9 Å². The van der Waals surface area contributed by atoms with Gasteiger partial charge in [0.25, 0.3) is 0 Å². The fourth-order valence-corrected chi connectivity index (χ4v) is 5.21. The van der Waals surface area contributed by atoms with Crippen LogP contribution in [0.5, 0.6) is 0 Å². The second-order valence-electron chi connectivity index (χ2n) is 7.75. The third kappa shape index (κ3) is 2.69. The van der Waals surface area contributed by atoms with Crippen LogP contribution >= 0.6 is 0 Å². The van der Waals surface area contributed by atoms with Gasteiger partial charge in [-0.1, -0.05) is 13.8 Å². The fourth-order valence-electron chi connectivity index (χ4n) is 5.21. The van der Waals surface area contributed by atoms with E-state index in [4.69, 9.17) is 0 Å². The van der Waals surface area contributed by atoms with Gasteiger partial charge in [0.2, 0.25) is 5.91 Å². The maximum atomic E-state index is 13.0. The Hall–Kier alpha value is -1.06. The molecule has 2 bridgehead atoms. The molecule has 0 aromatic rings. The van der Waals surface area contributed by atoms with Crippen LogP contribution in [0.25, 0.3) is 0 Å². The normalized spacial score (nSPS) is 42.9. The van der Waals surface area contributed by atoms with E-state index in [0.717, 1.165) is 38.8 Å². The van der Waals surface area contributed by atoms with Crippen molar-refractivity contribution >= 4 is 11.9 Å². The molecule has 0 aromatic heterocycles. The molecule has 4 rings (SSSR count). The van der Waals surface area contributed by atoms with E-state index in [9.17, 15) is 14.7 Å². The lowest BCUT2D eigenvalue weighted by Gasteiger charge is -2.48. The molecule has 3 saturated carbocycles. The summed E-state index contributed by atoms with van der Waals surface area (Å²) in [6.07, 6.45) is 5.26. The van der Waals surface area contributed by atoms with Crippen molar-refractivity contribution in [1.82, 2.24) is 4.90 Å². The standard InChI is InChI=1S/C17H27NO3/c1-10-7-11(2)9-18(8-10)16(19)14-12-3-5-13(6-4-12)15(14)17(20)21/h10-15H,3-9H2,1-2H3,(H,20,21)/t10-,11+,12?,13?,14-,15-/m1/s1. The van der Waals surface area contributed by atoms with E-state index in [1.807, 2.05) is 4.90 Å². The van der Waals surface area contributed by atoms with Crippen LogP contribution < -0.4 is 0 Å². The second-order valence-corrected chi connectivity index (χ2v) is 7.75. The molecule has 4 heteroatoms. The van der Waals surface area contributed by atoms with Crippen molar-refractivity contribution in [2.24, 2.45) is 35.5 Å². The van der Waals surface area contributed by atoms with Gasteiger partial charge in [0, 0.05) is 13.1 Å². The number of hydrogen-bond acceptors (Lipinski definition) is 2. The molecule has 21 heavy (non-hydrogen) atoms. The Morgan fingerprint density at radius 2 is 1.38 bits per heavy atom. The SMILES string of the molecule is C[C@@H]1C[C@H](C)CN(C(=O)[C@@H]2C3CCC(CC3)[C@H]2C(=O)O)C1. The Morgan fingerprint density at radius 3 is 1.86 bits per heavy atom. The van der Waals surface area contributed by atoms with E-state index in [0.29, 0.717) is 17.8 Å². The van der Waals surface area contributed by atoms with Crippen LogP contribution in [0.3, 0.4) is 0 Å². The summed E-state index contributed by atoms with van der Waals surface area (Å²) >= 11 is 0. The van der Waals surface area contributed by atoms with Crippen molar-refractivity contribution in [3.63, 3.8) is 0 Å². The highest BCUT2D eigenvalue weighted by atomic mass is 16.4. The zero-order valence-corrected chi connectivity index (χ0v) is 13.1. The lowest BCUT2D eigenvalue weighted by Crippen LogP contribution is -2.54. The van der Waals surface area contributed by atoms with Gasteiger partial charge in [0.1, 0.15) is 0 Å². The van der Waals surface area contributed by atoms with Gasteiger partial charge >= 0.3 is 5.97 Å². The Labute approximate surface area is 126 Å². The predicted molar refractivity (Wildman–Crippen MR) is 79.6 cm³/mol. The van der Waals surface area contributed by atoms with Crippen molar-refractivity contribution in [2.45, 2.75) is 46.0 Å². The van der Waals surface area contributed by atoms with Crippen LogP contribution in [0, 0.1) is 35.5 Å². The van der Waals surface area contributed by atoms with Crippen LogP contribution in [0.15, 0.2) is 0 Å². The highest BCUT2D eigenvalue weighted by Crippen LogP contribution is 2.49. The zero-order valence-electron chi connectivity index (χ0n) is 13.1. The number of hydrogen-bond donors (Lipinski definition) is 1. The van der Waals surface area contributed by atoms with Crippen molar-refractivity contribution in [1.29, 1.82) is 0 Å². The minimum Gasteiger partial charge on any atom is -0.481 e. The quantitative estimate of drug-likeness (QED) is 0.851. The summed E-state index contributed by atoms with van der Waals surface area (Å²) in [5.41, 5.74) is 0. The van der Waals surface area contributed by atoms with Crippen LogP contribution in [0.1, 0.15) is 46.0 Å². The zero-order chi connectivity index (χ0) is 15.1. The van der Waals surface area contributed by atoms with E-state index in [-0.39, 0.29) is 17.7 Å². The number of aliphatic carboxylic acids is 1. The number of carbonyl (C=O) groups is 2. The number of nitrogens with zero attached hydrogens (tertiary/aromatic N) is 1. The van der Waals surface area contributed by atoms with E-state index in [1.165, 1.54) is 6.42 Å². The maximum absolute atomic E-state index is 13.0. The Morgan fingerprint density at radius 1 is 0.905 bits per heavy atom. The van der Waals surface area contributed by atoms with E-state index in [2.05, 4.69) is 13.8 Å². The fraction of sp³-hybridized carbons (Fsp3) is 0.882. The van der Waals surface area contributed by atoms with Gasteiger partial charge in [0.05, 0.1) is 11.8 Å². The predicted octanol–water partition coefficient (Wildman–Crippen LogP) is 2.63. The van der Waals surface area contributed by atoms with Crippen molar-refractivity contribution in [3.05, 3.63) is 0 Å². The monoisotopic (exact) mass is 293 g/mol. The summed E-state index contributed by atoms with van der Waals surface area (Å²) in [6.45, 7) is 6.00. The third-order valence-electron chi connectivity index (χ3n) is 5.97. The number of likely N-dealkylation sites (tertiary alicyclic amines) is 1. The number of carboxylic acids is 1. The van der Waals surface area contributed by atoms with Crippen LogP contribution in [-0.2, 0) is 9.59 Å². The number of carboxylic acid groups (broad SMARTS) is 1. The molecule has 1 saturated heterocycles. The molecule has 1 amide bonds. The molecule has 1 heterocycles. The summed E-state index contributed by atoms with van der Waals surface area (Å²) in [4.78, 5) is 26.7. The van der Waals surface area contributed by atoms with Crippen molar-refractivity contribution < 1.29 is 14.7 Å². The summed E-state index contributed by atoms with van der Waals surface area (Å²) in [5, 5.41) is 9.61. The lowest BCUT2D eigenvalue weighted by atomic mass is 9.58. The largest absolute Gasteiger partial charge is 0.481 e. The first-order valence-corrected chi connectivity index (χ1v) is 8.49. The minimum absolute atomic E-state index is 0.134. The second kappa shape index (κ2) is 5.62. The van der Waals surface area contributed by atoms with Crippen molar-refractivity contribution in [3.8, 4) is 0 Å². The molecule has 4 nitrogen and oxygen atoms in total. The Balaban J connectivity index is 1.80. The van der Waals surface area contributed by atoms with Crippen LogP contribution in [0.2, 0.25) is 0 Å². The highest BCUT2D eigenvalue weighted by molar-refractivity contribution is 5.86. The molecular formula is C17H27NO3. The van der Waals surface area contributed by atoms with Crippen LogP contribution in [-0.4, -0.2) is 35.0 Å². The summed E-state index contributed by atoms with van der Waals surface area (Å²) in [6, 6.07) is 0. The van der Waals surface area contributed by atoms with Gasteiger partial charge in [-0.3, -0.25) is 9.59 Å². The number of rotatable bonds is 2. The van der Waals surface area contributed by atoms with Crippen LogP contribution in [0.4, 0.5) is 0 Å². The van der Waals surface area contributed by atoms with Gasteiger partial charge in [-0.15, -0.1) is 0 Å². The minimum atomic E-state index is -0.749. The number of piperidine rings is 1. The average Bonchev–Trinajstić information content (AvgIpc) is 2.45. The summed E-state index contributed by atoms with van der Waals surface area (Å²) in [5.74, 6) is 0.279. The molecule has 4 atom stereocenters. The highest BCUT2D eigenvalue weighted by Gasteiger charge is 2.51. The molecule has 4 fully saturated rings. The molecular weight excluding hydrogens is 266 g/mol. The van der Waals surface area contributed by atoms with Gasteiger partial charge in [0.15, 0.2) is 0 Å². The molecule has 4 aliphatic rings. The first-order chi connectivity index (χ1) is 9.97. The van der Waals surface area contributed by atoms with Gasteiger partial charge in [-0.2, -0.15) is 0 Å². The Kier molecular flexibility index (Phi) is 3.98. The maximum Gasteiger partial charge on any atom is 0.307 e. The summed E-state index contributed by atoms with van der Waals surface area (Å²) in [7, 11) is 0. The molecule has 0 radical (unpaired) electrons. The van der Waals surface area contributed by atoms with Gasteiger partial charge in [-0.05, 0) is 55.8 Å². The molecule has 0 spiro atoms. The smallest absolute Gasteiger partial charge is 0.307 e. The topological polar surface area (TPSA) is 57.6 Å². The van der Waals surface area contributed by atoms with E-state index in [1.54, 1.807) is 0 Å². The molecule has 118 valence electrons. The molecule has 1 N–H and O–H groups in total. The number of amides is 1. The third-order valence-corrected chi connectivity index (χ3v) is 5.97. The molecule has 0 unspecified atom stereocenters. The Bertz CT molecular complexity index is 418. The average molecular weight is 293 g/mol. The van der Waals surface area contributed by atoms with Gasteiger partial charge < -0.3 is 10.0 Å². The molecule has 0 aromatic carbocycles. The lowest BCUT2D eigenvalue weighted by molar-refractivity contribution is -0.163. The number of carbonyl (C=O) groups excluding carboxylic acids is 1. The summed E-state index contributed by atoms with van der Waals surface area (Å²) < 4.78 is 0. The number of fused-ring (bicyclic) bond motifs is 3.